The van der Waals surface area contributed by atoms with Crippen LogP contribution in [0.3, 0.4) is 0 Å². The summed E-state index contributed by atoms with van der Waals surface area (Å²) in [6, 6.07) is 0. The van der Waals surface area contributed by atoms with E-state index in [9.17, 15) is 4.79 Å². The first kappa shape index (κ1) is 8.77. The molecule has 0 atom stereocenters. The van der Waals surface area contributed by atoms with Crippen LogP contribution >= 0.6 is 0 Å². The average Bonchev–Trinajstić information content (AvgIpc) is 2.34. The number of aryl methyl sites for hydroxylation is 1. The van der Waals surface area contributed by atoms with Gasteiger partial charge < -0.3 is 4.74 Å². The molecule has 0 aromatic carbocycles. The normalized spacial score (nSPS) is 9.92. The van der Waals surface area contributed by atoms with Crippen molar-refractivity contribution in [2.24, 2.45) is 0 Å². The highest BCUT2D eigenvalue weighted by molar-refractivity contribution is 5.88. The van der Waals surface area contributed by atoms with Crippen molar-refractivity contribution >= 4 is 5.97 Å². The van der Waals surface area contributed by atoms with Gasteiger partial charge in [-0.3, -0.25) is 5.10 Å². The Morgan fingerprint density at radius 2 is 2.25 bits per heavy atom. The van der Waals surface area contributed by atoms with Crippen molar-refractivity contribution in [3.05, 3.63) is 17.0 Å². The van der Waals surface area contributed by atoms with Crippen LogP contribution in [-0.4, -0.2) is 22.8 Å². The number of aromatic amines is 1. The Hall–Kier alpha value is -1.32. The van der Waals surface area contributed by atoms with Gasteiger partial charge in [0, 0.05) is 5.56 Å². The Bertz CT molecular complexity index is 291. The molecule has 1 N–H and O–H groups in total. The van der Waals surface area contributed by atoms with Gasteiger partial charge in [-0.05, 0) is 20.8 Å². The first-order chi connectivity index (χ1) is 5.66. The molecule has 0 bridgehead atoms. The summed E-state index contributed by atoms with van der Waals surface area (Å²) in [4.78, 5) is 11.2. The number of carbonyl (C=O) groups is 1. The molecule has 0 unspecified atom stereocenters. The molecule has 0 saturated carbocycles. The zero-order valence-corrected chi connectivity index (χ0v) is 7.47. The molecule has 12 heavy (non-hydrogen) atoms. The van der Waals surface area contributed by atoms with Gasteiger partial charge in [0.05, 0.1) is 12.3 Å². The fourth-order valence-electron chi connectivity index (χ4n) is 0.890. The monoisotopic (exact) mass is 168 g/mol. The van der Waals surface area contributed by atoms with E-state index in [1.807, 2.05) is 13.8 Å². The smallest absolute Gasteiger partial charge is 0.356 e. The maximum absolute atomic E-state index is 11.2. The van der Waals surface area contributed by atoms with Crippen molar-refractivity contribution in [3.8, 4) is 0 Å². The molecular weight excluding hydrogens is 156 g/mol. The highest BCUT2D eigenvalue weighted by atomic mass is 16.5. The van der Waals surface area contributed by atoms with Gasteiger partial charge in [-0.2, -0.15) is 5.10 Å². The predicted octanol–water partition coefficient (Wildman–Crippen LogP) is 1.20. The van der Waals surface area contributed by atoms with E-state index in [1.54, 1.807) is 6.92 Å². The lowest BCUT2D eigenvalue weighted by Crippen LogP contribution is -2.06. The molecular formula is C8H12N2O2. The van der Waals surface area contributed by atoms with E-state index < -0.39 is 0 Å². The van der Waals surface area contributed by atoms with Gasteiger partial charge in [0.2, 0.25) is 0 Å². The third-order valence-electron chi connectivity index (χ3n) is 1.73. The zero-order valence-electron chi connectivity index (χ0n) is 7.47. The van der Waals surface area contributed by atoms with Crippen molar-refractivity contribution in [1.29, 1.82) is 0 Å². The number of nitrogens with one attached hydrogen (secondary N) is 1. The van der Waals surface area contributed by atoms with Crippen LogP contribution in [0.1, 0.15) is 28.7 Å². The van der Waals surface area contributed by atoms with Gasteiger partial charge >= 0.3 is 5.97 Å². The molecule has 0 aliphatic heterocycles. The molecule has 0 radical (unpaired) electrons. The minimum Gasteiger partial charge on any atom is -0.461 e. The number of aromatic nitrogens is 2. The van der Waals surface area contributed by atoms with E-state index in [0.29, 0.717) is 12.3 Å². The fourth-order valence-corrected chi connectivity index (χ4v) is 0.890. The third kappa shape index (κ3) is 1.47. The van der Waals surface area contributed by atoms with Crippen molar-refractivity contribution in [2.75, 3.05) is 6.61 Å². The average molecular weight is 168 g/mol. The largest absolute Gasteiger partial charge is 0.461 e. The molecule has 0 amide bonds. The molecule has 66 valence electrons. The number of esters is 1. The molecule has 0 aliphatic rings. The molecule has 4 heteroatoms. The molecule has 4 nitrogen and oxygen atoms in total. The van der Waals surface area contributed by atoms with E-state index in [2.05, 4.69) is 10.2 Å². The van der Waals surface area contributed by atoms with Crippen LogP contribution in [0.2, 0.25) is 0 Å². The van der Waals surface area contributed by atoms with Crippen LogP contribution in [0.4, 0.5) is 0 Å². The van der Waals surface area contributed by atoms with Crippen LogP contribution in [0.25, 0.3) is 0 Å². The van der Waals surface area contributed by atoms with E-state index in [1.165, 1.54) is 0 Å². The Labute approximate surface area is 70.9 Å². The Morgan fingerprint density at radius 3 is 2.67 bits per heavy atom. The van der Waals surface area contributed by atoms with E-state index in [-0.39, 0.29) is 5.97 Å². The molecule has 1 rings (SSSR count). The minimum absolute atomic E-state index is 0.337. The van der Waals surface area contributed by atoms with Gasteiger partial charge in [-0.25, -0.2) is 4.79 Å². The summed E-state index contributed by atoms with van der Waals surface area (Å²) in [6.45, 7) is 5.84. The van der Waals surface area contributed by atoms with Crippen LogP contribution in [-0.2, 0) is 4.74 Å². The number of carbonyl (C=O) groups excluding carboxylic acids is 1. The van der Waals surface area contributed by atoms with Gasteiger partial charge in [0.15, 0.2) is 0 Å². The zero-order chi connectivity index (χ0) is 9.14. The molecule has 0 aliphatic carbocycles. The van der Waals surface area contributed by atoms with E-state index in [4.69, 9.17) is 4.74 Å². The van der Waals surface area contributed by atoms with E-state index >= 15 is 0 Å². The second-order valence-corrected chi connectivity index (χ2v) is 2.53. The second-order valence-electron chi connectivity index (χ2n) is 2.53. The molecule has 0 spiro atoms. The lowest BCUT2D eigenvalue weighted by molar-refractivity contribution is 0.0518. The van der Waals surface area contributed by atoms with Gasteiger partial charge in [0.1, 0.15) is 5.69 Å². The van der Waals surface area contributed by atoms with E-state index in [0.717, 1.165) is 11.3 Å². The van der Waals surface area contributed by atoms with Crippen LogP contribution in [0.5, 0.6) is 0 Å². The molecule has 1 aromatic heterocycles. The number of rotatable bonds is 2. The predicted molar refractivity (Wildman–Crippen MR) is 44.0 cm³/mol. The van der Waals surface area contributed by atoms with Crippen LogP contribution in [0.15, 0.2) is 0 Å². The Kier molecular flexibility index (Phi) is 2.47. The maximum atomic E-state index is 11.2. The van der Waals surface area contributed by atoms with Crippen molar-refractivity contribution < 1.29 is 9.53 Å². The summed E-state index contributed by atoms with van der Waals surface area (Å²) in [6.07, 6.45) is 0. The molecule has 1 aromatic rings. The van der Waals surface area contributed by atoms with Crippen molar-refractivity contribution in [2.45, 2.75) is 20.8 Å². The number of hydrogen-bond acceptors (Lipinski definition) is 3. The summed E-state index contributed by atoms with van der Waals surface area (Å²) < 4.78 is 4.81. The SMILES string of the molecule is CCOC(=O)c1[nH]nc(C)c1C. The summed E-state index contributed by atoms with van der Waals surface area (Å²) in [5.41, 5.74) is 2.14. The second kappa shape index (κ2) is 3.38. The lowest BCUT2D eigenvalue weighted by atomic mass is 10.2. The number of hydrogen-bond donors (Lipinski definition) is 1. The van der Waals surface area contributed by atoms with Crippen molar-refractivity contribution in [3.63, 3.8) is 0 Å². The van der Waals surface area contributed by atoms with Crippen LogP contribution < -0.4 is 0 Å². The standard InChI is InChI=1S/C8H12N2O2/c1-4-12-8(11)7-5(2)6(3)9-10-7/h4H2,1-3H3,(H,9,10). The Morgan fingerprint density at radius 1 is 1.58 bits per heavy atom. The minimum atomic E-state index is -0.337. The molecule has 0 saturated heterocycles. The number of H-pyrrole nitrogens is 1. The third-order valence-corrected chi connectivity index (χ3v) is 1.73. The topological polar surface area (TPSA) is 55.0 Å². The Balaban J connectivity index is 2.88. The summed E-state index contributed by atoms with van der Waals surface area (Å²) in [7, 11) is 0. The lowest BCUT2D eigenvalue weighted by Gasteiger charge is -1.98. The first-order valence-corrected chi connectivity index (χ1v) is 3.85. The highest BCUT2D eigenvalue weighted by Gasteiger charge is 2.13. The van der Waals surface area contributed by atoms with Gasteiger partial charge in [0.25, 0.3) is 0 Å². The van der Waals surface area contributed by atoms with Gasteiger partial charge in [-0.15, -0.1) is 0 Å². The highest BCUT2D eigenvalue weighted by Crippen LogP contribution is 2.09. The number of nitrogens with zero attached hydrogens (tertiary/aromatic N) is 1. The summed E-state index contributed by atoms with van der Waals surface area (Å²) in [5, 5.41) is 6.53. The fraction of sp³-hybridized carbons (Fsp3) is 0.500. The van der Waals surface area contributed by atoms with Crippen molar-refractivity contribution in [1.82, 2.24) is 10.2 Å². The first-order valence-electron chi connectivity index (χ1n) is 3.85. The quantitative estimate of drug-likeness (QED) is 0.675. The number of ether oxygens (including phenoxy) is 1. The maximum Gasteiger partial charge on any atom is 0.356 e. The van der Waals surface area contributed by atoms with Crippen LogP contribution in [0, 0.1) is 13.8 Å². The van der Waals surface area contributed by atoms with Gasteiger partial charge in [-0.1, -0.05) is 0 Å². The molecule has 1 heterocycles. The molecule has 0 fully saturated rings. The summed E-state index contributed by atoms with van der Waals surface area (Å²) >= 11 is 0. The summed E-state index contributed by atoms with van der Waals surface area (Å²) in [5.74, 6) is -0.337.